The van der Waals surface area contributed by atoms with Crippen LogP contribution in [0.2, 0.25) is 0 Å². The standard InChI is InChI=1S/C16H31NO/c1-3-17-12-15-5-4-13(2)10-16(15)11-14-6-8-18-9-7-14/h13-17H,3-12H2,1-2H3. The van der Waals surface area contributed by atoms with E-state index in [9.17, 15) is 0 Å². The molecule has 0 bridgehead atoms. The summed E-state index contributed by atoms with van der Waals surface area (Å²) in [5.74, 6) is 3.80. The van der Waals surface area contributed by atoms with E-state index in [2.05, 4.69) is 19.2 Å². The van der Waals surface area contributed by atoms with Gasteiger partial charge in [-0.1, -0.05) is 20.3 Å². The zero-order valence-corrected chi connectivity index (χ0v) is 12.3. The molecule has 0 spiro atoms. The van der Waals surface area contributed by atoms with E-state index in [0.29, 0.717) is 0 Å². The Morgan fingerprint density at radius 2 is 1.83 bits per heavy atom. The van der Waals surface area contributed by atoms with E-state index < -0.39 is 0 Å². The summed E-state index contributed by atoms with van der Waals surface area (Å²) in [5.41, 5.74) is 0. The van der Waals surface area contributed by atoms with Crippen molar-refractivity contribution in [2.75, 3.05) is 26.3 Å². The fraction of sp³-hybridized carbons (Fsp3) is 1.00. The number of rotatable bonds is 5. The van der Waals surface area contributed by atoms with Crippen molar-refractivity contribution >= 4 is 0 Å². The van der Waals surface area contributed by atoms with E-state index in [-0.39, 0.29) is 0 Å². The molecule has 0 aromatic carbocycles. The van der Waals surface area contributed by atoms with Crippen LogP contribution in [0.5, 0.6) is 0 Å². The lowest BCUT2D eigenvalue weighted by Gasteiger charge is -2.38. The van der Waals surface area contributed by atoms with Crippen LogP contribution in [0.1, 0.15) is 52.4 Å². The highest BCUT2D eigenvalue weighted by molar-refractivity contribution is 4.82. The molecule has 1 aliphatic heterocycles. The molecular weight excluding hydrogens is 222 g/mol. The molecular formula is C16H31NO. The zero-order valence-electron chi connectivity index (χ0n) is 12.3. The fourth-order valence-corrected chi connectivity index (χ4v) is 3.86. The summed E-state index contributed by atoms with van der Waals surface area (Å²) in [6.07, 6.45) is 8.43. The van der Waals surface area contributed by atoms with Gasteiger partial charge in [-0.2, -0.15) is 0 Å². The minimum Gasteiger partial charge on any atom is -0.381 e. The van der Waals surface area contributed by atoms with Crippen molar-refractivity contribution < 1.29 is 4.74 Å². The van der Waals surface area contributed by atoms with Gasteiger partial charge < -0.3 is 10.1 Å². The maximum absolute atomic E-state index is 5.49. The monoisotopic (exact) mass is 253 g/mol. The Bertz CT molecular complexity index is 223. The molecule has 2 aliphatic rings. The van der Waals surface area contributed by atoms with E-state index in [1.54, 1.807) is 0 Å². The molecule has 0 radical (unpaired) electrons. The quantitative estimate of drug-likeness (QED) is 0.810. The Hall–Kier alpha value is -0.0800. The lowest BCUT2D eigenvalue weighted by molar-refractivity contribution is 0.0472. The van der Waals surface area contributed by atoms with Gasteiger partial charge in [-0.05, 0) is 68.9 Å². The number of nitrogens with one attached hydrogen (secondary N) is 1. The molecule has 1 N–H and O–H groups in total. The predicted octanol–water partition coefficient (Wildman–Crippen LogP) is 3.47. The van der Waals surface area contributed by atoms with Crippen molar-refractivity contribution in [1.82, 2.24) is 5.32 Å². The van der Waals surface area contributed by atoms with Gasteiger partial charge in [0.05, 0.1) is 0 Å². The van der Waals surface area contributed by atoms with Crippen LogP contribution in [0.3, 0.4) is 0 Å². The minimum atomic E-state index is 0.934. The fourth-order valence-electron chi connectivity index (χ4n) is 3.86. The molecule has 2 fully saturated rings. The van der Waals surface area contributed by atoms with Crippen LogP contribution in [0.4, 0.5) is 0 Å². The van der Waals surface area contributed by atoms with Gasteiger partial charge in [0.15, 0.2) is 0 Å². The Morgan fingerprint density at radius 3 is 2.56 bits per heavy atom. The second kappa shape index (κ2) is 7.49. The molecule has 2 rings (SSSR count). The average molecular weight is 253 g/mol. The molecule has 1 aliphatic carbocycles. The van der Waals surface area contributed by atoms with Crippen molar-refractivity contribution in [3.63, 3.8) is 0 Å². The van der Waals surface area contributed by atoms with Gasteiger partial charge in [0.25, 0.3) is 0 Å². The molecule has 1 heterocycles. The van der Waals surface area contributed by atoms with Crippen molar-refractivity contribution in [1.29, 1.82) is 0 Å². The second-order valence-electron chi connectivity index (χ2n) is 6.54. The average Bonchev–Trinajstić information content (AvgIpc) is 2.39. The largest absolute Gasteiger partial charge is 0.381 e. The number of hydrogen-bond donors (Lipinski definition) is 1. The maximum Gasteiger partial charge on any atom is 0.0468 e. The highest BCUT2D eigenvalue weighted by Crippen LogP contribution is 2.38. The molecule has 0 amide bonds. The van der Waals surface area contributed by atoms with E-state index in [4.69, 9.17) is 4.74 Å². The third-order valence-electron chi connectivity index (χ3n) is 5.04. The summed E-state index contributed by atoms with van der Waals surface area (Å²) >= 11 is 0. The summed E-state index contributed by atoms with van der Waals surface area (Å²) in [6.45, 7) is 9.04. The summed E-state index contributed by atoms with van der Waals surface area (Å²) in [7, 11) is 0. The molecule has 1 saturated carbocycles. The Kier molecular flexibility index (Phi) is 5.97. The second-order valence-corrected chi connectivity index (χ2v) is 6.54. The van der Waals surface area contributed by atoms with E-state index >= 15 is 0 Å². The Labute approximate surface area is 113 Å². The van der Waals surface area contributed by atoms with Crippen molar-refractivity contribution in [2.45, 2.75) is 52.4 Å². The third-order valence-corrected chi connectivity index (χ3v) is 5.04. The van der Waals surface area contributed by atoms with Gasteiger partial charge in [-0.15, -0.1) is 0 Å². The van der Waals surface area contributed by atoms with Gasteiger partial charge >= 0.3 is 0 Å². The summed E-state index contributed by atoms with van der Waals surface area (Å²) in [6, 6.07) is 0. The first-order valence-corrected chi connectivity index (χ1v) is 8.08. The zero-order chi connectivity index (χ0) is 12.8. The van der Waals surface area contributed by atoms with E-state index in [1.807, 2.05) is 0 Å². The van der Waals surface area contributed by atoms with Crippen molar-refractivity contribution in [3.05, 3.63) is 0 Å². The van der Waals surface area contributed by atoms with Gasteiger partial charge in [-0.3, -0.25) is 0 Å². The minimum absolute atomic E-state index is 0.934. The normalized spacial score (nSPS) is 34.7. The van der Waals surface area contributed by atoms with Crippen LogP contribution in [-0.4, -0.2) is 26.3 Å². The highest BCUT2D eigenvalue weighted by atomic mass is 16.5. The summed E-state index contributed by atoms with van der Waals surface area (Å²) in [4.78, 5) is 0. The topological polar surface area (TPSA) is 21.3 Å². The van der Waals surface area contributed by atoms with Crippen LogP contribution in [0.25, 0.3) is 0 Å². The van der Waals surface area contributed by atoms with Gasteiger partial charge in [0.2, 0.25) is 0 Å². The number of ether oxygens (including phenoxy) is 1. The first-order chi connectivity index (χ1) is 8.79. The third kappa shape index (κ3) is 4.24. The van der Waals surface area contributed by atoms with Gasteiger partial charge in [0, 0.05) is 13.2 Å². The van der Waals surface area contributed by atoms with E-state index in [1.165, 1.54) is 45.1 Å². The predicted molar refractivity (Wildman–Crippen MR) is 76.7 cm³/mol. The van der Waals surface area contributed by atoms with Crippen LogP contribution in [0, 0.1) is 23.7 Å². The molecule has 1 saturated heterocycles. The van der Waals surface area contributed by atoms with Crippen LogP contribution >= 0.6 is 0 Å². The number of hydrogen-bond acceptors (Lipinski definition) is 2. The van der Waals surface area contributed by atoms with Gasteiger partial charge in [0.1, 0.15) is 0 Å². The molecule has 3 unspecified atom stereocenters. The molecule has 18 heavy (non-hydrogen) atoms. The SMILES string of the molecule is CCNCC1CCC(C)CC1CC1CCOCC1. The summed E-state index contributed by atoms with van der Waals surface area (Å²) in [5, 5.41) is 3.58. The van der Waals surface area contributed by atoms with Crippen molar-refractivity contribution in [3.8, 4) is 0 Å². The van der Waals surface area contributed by atoms with Crippen LogP contribution < -0.4 is 5.32 Å². The smallest absolute Gasteiger partial charge is 0.0468 e. The van der Waals surface area contributed by atoms with E-state index in [0.717, 1.165) is 43.4 Å². The molecule has 3 atom stereocenters. The molecule has 106 valence electrons. The van der Waals surface area contributed by atoms with Gasteiger partial charge in [-0.25, -0.2) is 0 Å². The molecule has 2 nitrogen and oxygen atoms in total. The van der Waals surface area contributed by atoms with Crippen LogP contribution in [0.15, 0.2) is 0 Å². The molecule has 2 heteroatoms. The highest BCUT2D eigenvalue weighted by Gasteiger charge is 2.30. The van der Waals surface area contributed by atoms with Crippen LogP contribution in [-0.2, 0) is 4.74 Å². The lowest BCUT2D eigenvalue weighted by atomic mass is 9.70. The molecule has 0 aromatic heterocycles. The Balaban J connectivity index is 1.83. The first-order valence-electron chi connectivity index (χ1n) is 8.08. The first kappa shape index (κ1) is 14.3. The maximum atomic E-state index is 5.49. The lowest BCUT2D eigenvalue weighted by Crippen LogP contribution is -2.34. The van der Waals surface area contributed by atoms with Crippen molar-refractivity contribution in [2.24, 2.45) is 23.7 Å². The molecule has 0 aromatic rings. The Morgan fingerprint density at radius 1 is 1.06 bits per heavy atom. The summed E-state index contributed by atoms with van der Waals surface area (Å²) < 4.78 is 5.49.